The van der Waals surface area contributed by atoms with Gasteiger partial charge in [-0.2, -0.15) is 0 Å². The first-order valence-electron chi connectivity index (χ1n) is 5.77. The van der Waals surface area contributed by atoms with Gasteiger partial charge in [-0.3, -0.25) is 4.98 Å². The number of nitrogens with zero attached hydrogens (tertiary/aromatic N) is 1. The molecule has 1 aliphatic heterocycles. The third kappa shape index (κ3) is 2.64. The smallest absolute Gasteiger partial charge is 0.0694 e. The summed E-state index contributed by atoms with van der Waals surface area (Å²) in [4.78, 5) is 4.21. The van der Waals surface area contributed by atoms with E-state index in [0.717, 1.165) is 37.6 Å². The zero-order valence-corrected chi connectivity index (χ0v) is 9.92. The van der Waals surface area contributed by atoms with Crippen molar-refractivity contribution in [2.75, 3.05) is 30.4 Å². The van der Waals surface area contributed by atoms with Gasteiger partial charge in [0, 0.05) is 13.2 Å². The fourth-order valence-corrected chi connectivity index (χ4v) is 1.92. The van der Waals surface area contributed by atoms with Crippen molar-refractivity contribution in [1.82, 2.24) is 4.98 Å². The van der Waals surface area contributed by atoms with Gasteiger partial charge in [0.15, 0.2) is 0 Å². The standard InChI is InChI=1S/C12H19N3O/c1-3-14-10-6-11(8-13-7-10)15-12(2)4-5-16-9-12/h6-8,14-15H,3-5,9H2,1-2H3. The van der Waals surface area contributed by atoms with E-state index in [1.165, 1.54) is 0 Å². The number of pyridine rings is 1. The Morgan fingerprint density at radius 2 is 2.25 bits per heavy atom. The highest BCUT2D eigenvalue weighted by molar-refractivity contribution is 5.55. The highest BCUT2D eigenvalue weighted by Gasteiger charge is 2.29. The molecule has 1 atom stereocenters. The fourth-order valence-electron chi connectivity index (χ4n) is 1.92. The summed E-state index contributed by atoms with van der Waals surface area (Å²) >= 11 is 0. The summed E-state index contributed by atoms with van der Waals surface area (Å²) in [5, 5.41) is 6.74. The van der Waals surface area contributed by atoms with Crippen LogP contribution in [0.15, 0.2) is 18.5 Å². The molecular weight excluding hydrogens is 202 g/mol. The van der Waals surface area contributed by atoms with Crippen LogP contribution in [0.25, 0.3) is 0 Å². The van der Waals surface area contributed by atoms with Crippen LogP contribution in [0.1, 0.15) is 20.3 Å². The number of hydrogen-bond donors (Lipinski definition) is 2. The molecule has 1 aromatic heterocycles. The highest BCUT2D eigenvalue weighted by Crippen LogP contribution is 2.24. The van der Waals surface area contributed by atoms with Crippen LogP contribution in [-0.2, 0) is 4.74 Å². The molecule has 0 spiro atoms. The highest BCUT2D eigenvalue weighted by atomic mass is 16.5. The number of ether oxygens (including phenoxy) is 1. The van der Waals surface area contributed by atoms with Crippen molar-refractivity contribution in [3.05, 3.63) is 18.5 Å². The van der Waals surface area contributed by atoms with Crippen LogP contribution in [0.5, 0.6) is 0 Å². The predicted octanol–water partition coefficient (Wildman–Crippen LogP) is 2.10. The van der Waals surface area contributed by atoms with E-state index in [1.807, 2.05) is 12.4 Å². The summed E-state index contributed by atoms with van der Waals surface area (Å²) in [6, 6.07) is 2.08. The first-order chi connectivity index (χ1) is 7.72. The van der Waals surface area contributed by atoms with Crippen molar-refractivity contribution < 1.29 is 4.74 Å². The van der Waals surface area contributed by atoms with Gasteiger partial charge in [-0.1, -0.05) is 0 Å². The molecule has 0 aliphatic carbocycles. The Kier molecular flexibility index (Phi) is 3.29. The van der Waals surface area contributed by atoms with Crippen molar-refractivity contribution >= 4 is 11.4 Å². The van der Waals surface area contributed by atoms with E-state index in [9.17, 15) is 0 Å². The molecule has 1 unspecified atom stereocenters. The van der Waals surface area contributed by atoms with Crippen LogP contribution < -0.4 is 10.6 Å². The van der Waals surface area contributed by atoms with E-state index in [0.29, 0.717) is 0 Å². The molecule has 0 aromatic carbocycles. The molecular formula is C12H19N3O. The van der Waals surface area contributed by atoms with E-state index < -0.39 is 0 Å². The Bertz CT molecular complexity index is 348. The zero-order chi connectivity index (χ0) is 11.4. The number of anilines is 2. The SMILES string of the molecule is CCNc1cncc(NC2(C)CCOC2)c1. The lowest BCUT2D eigenvalue weighted by atomic mass is 10.0. The molecule has 4 heteroatoms. The summed E-state index contributed by atoms with van der Waals surface area (Å²) in [6.45, 7) is 6.76. The first kappa shape index (κ1) is 11.2. The minimum absolute atomic E-state index is 0.0481. The van der Waals surface area contributed by atoms with E-state index in [2.05, 4.69) is 35.5 Å². The molecule has 0 amide bonds. The van der Waals surface area contributed by atoms with Crippen LogP contribution in [0.3, 0.4) is 0 Å². The van der Waals surface area contributed by atoms with Crippen molar-refractivity contribution in [2.45, 2.75) is 25.8 Å². The molecule has 1 aromatic rings. The maximum Gasteiger partial charge on any atom is 0.0694 e. The lowest BCUT2D eigenvalue weighted by molar-refractivity contribution is 0.185. The molecule has 1 aliphatic rings. The average Bonchev–Trinajstić information content (AvgIpc) is 2.66. The Labute approximate surface area is 96.4 Å². The molecule has 0 saturated carbocycles. The maximum atomic E-state index is 5.41. The quantitative estimate of drug-likeness (QED) is 0.817. The fraction of sp³-hybridized carbons (Fsp3) is 0.583. The summed E-state index contributed by atoms with van der Waals surface area (Å²) < 4.78 is 5.41. The predicted molar refractivity (Wildman–Crippen MR) is 65.9 cm³/mol. The number of rotatable bonds is 4. The average molecular weight is 221 g/mol. The van der Waals surface area contributed by atoms with Crippen LogP contribution in [-0.4, -0.2) is 30.3 Å². The largest absolute Gasteiger partial charge is 0.384 e. The Hall–Kier alpha value is -1.29. The molecule has 1 fully saturated rings. The summed E-state index contributed by atoms with van der Waals surface area (Å²) in [5.74, 6) is 0. The summed E-state index contributed by atoms with van der Waals surface area (Å²) in [7, 11) is 0. The van der Waals surface area contributed by atoms with Gasteiger partial charge in [0.2, 0.25) is 0 Å². The van der Waals surface area contributed by atoms with Gasteiger partial charge in [-0.15, -0.1) is 0 Å². The van der Waals surface area contributed by atoms with Crippen molar-refractivity contribution in [1.29, 1.82) is 0 Å². The summed E-state index contributed by atoms with van der Waals surface area (Å²) in [5.41, 5.74) is 2.15. The molecule has 16 heavy (non-hydrogen) atoms. The van der Waals surface area contributed by atoms with Crippen LogP contribution >= 0.6 is 0 Å². The third-order valence-corrected chi connectivity index (χ3v) is 2.78. The lowest BCUT2D eigenvalue weighted by Crippen LogP contribution is -2.34. The van der Waals surface area contributed by atoms with Gasteiger partial charge in [0.25, 0.3) is 0 Å². The normalized spacial score (nSPS) is 24.4. The number of hydrogen-bond acceptors (Lipinski definition) is 4. The molecule has 2 heterocycles. The van der Waals surface area contributed by atoms with E-state index in [1.54, 1.807) is 0 Å². The third-order valence-electron chi connectivity index (χ3n) is 2.78. The van der Waals surface area contributed by atoms with Crippen molar-refractivity contribution in [3.8, 4) is 0 Å². The topological polar surface area (TPSA) is 46.2 Å². The van der Waals surface area contributed by atoms with Gasteiger partial charge >= 0.3 is 0 Å². The van der Waals surface area contributed by atoms with Crippen molar-refractivity contribution in [2.24, 2.45) is 0 Å². The molecule has 88 valence electrons. The van der Waals surface area contributed by atoms with Crippen molar-refractivity contribution in [3.63, 3.8) is 0 Å². The second-order valence-electron chi connectivity index (χ2n) is 4.48. The van der Waals surface area contributed by atoms with E-state index >= 15 is 0 Å². The molecule has 0 bridgehead atoms. The lowest BCUT2D eigenvalue weighted by Gasteiger charge is -2.25. The minimum Gasteiger partial charge on any atom is -0.384 e. The minimum atomic E-state index is 0.0481. The number of nitrogens with one attached hydrogen (secondary N) is 2. The monoisotopic (exact) mass is 221 g/mol. The van der Waals surface area contributed by atoms with Gasteiger partial charge in [-0.25, -0.2) is 0 Å². The first-order valence-corrected chi connectivity index (χ1v) is 5.77. The Morgan fingerprint density at radius 3 is 2.94 bits per heavy atom. The van der Waals surface area contributed by atoms with Gasteiger partial charge in [-0.05, 0) is 26.3 Å². The second kappa shape index (κ2) is 4.70. The van der Waals surface area contributed by atoms with Gasteiger partial charge < -0.3 is 15.4 Å². The Morgan fingerprint density at radius 1 is 1.44 bits per heavy atom. The maximum absolute atomic E-state index is 5.41. The van der Waals surface area contributed by atoms with Gasteiger partial charge in [0.05, 0.1) is 35.9 Å². The second-order valence-corrected chi connectivity index (χ2v) is 4.48. The molecule has 2 N–H and O–H groups in total. The van der Waals surface area contributed by atoms with Gasteiger partial charge in [0.1, 0.15) is 0 Å². The molecule has 1 saturated heterocycles. The summed E-state index contributed by atoms with van der Waals surface area (Å²) in [6.07, 6.45) is 4.73. The molecule has 0 radical (unpaired) electrons. The Balaban J connectivity index is 2.05. The van der Waals surface area contributed by atoms with Crippen LogP contribution in [0.4, 0.5) is 11.4 Å². The molecule has 4 nitrogen and oxygen atoms in total. The number of aromatic nitrogens is 1. The zero-order valence-electron chi connectivity index (χ0n) is 9.92. The van der Waals surface area contributed by atoms with E-state index in [-0.39, 0.29) is 5.54 Å². The van der Waals surface area contributed by atoms with Crippen LogP contribution in [0, 0.1) is 0 Å². The van der Waals surface area contributed by atoms with E-state index in [4.69, 9.17) is 4.74 Å². The molecule has 2 rings (SSSR count). The van der Waals surface area contributed by atoms with Crippen LogP contribution in [0.2, 0.25) is 0 Å².